The summed E-state index contributed by atoms with van der Waals surface area (Å²) < 4.78 is 0. The number of piperidine rings is 1. The first kappa shape index (κ1) is 13.3. The maximum atomic E-state index is 11.0. The first-order valence-corrected chi connectivity index (χ1v) is 6.35. The molecule has 1 heterocycles. The van der Waals surface area contributed by atoms with Crippen molar-refractivity contribution in [3.8, 4) is 0 Å². The molecule has 2 N–H and O–H groups in total. The van der Waals surface area contributed by atoms with Crippen molar-refractivity contribution >= 4 is 17.3 Å². The highest BCUT2D eigenvalue weighted by Crippen LogP contribution is 2.25. The normalized spacial score (nSPS) is 20.9. The third kappa shape index (κ3) is 3.19. The minimum absolute atomic E-state index is 0.0849. The summed E-state index contributed by atoms with van der Waals surface area (Å²) in [5.74, 6) is 0. The number of nitro benzene ring substituents is 1. The number of likely N-dealkylation sites (tertiary alicyclic amines) is 1. The van der Waals surface area contributed by atoms with Crippen LogP contribution in [0.2, 0.25) is 5.02 Å². The molecule has 0 bridgehead atoms. The number of hydrogen-bond acceptors (Lipinski definition) is 4. The molecule has 1 atom stereocenters. The van der Waals surface area contributed by atoms with E-state index in [1.807, 2.05) is 0 Å². The molecule has 1 saturated heterocycles. The van der Waals surface area contributed by atoms with Crippen LogP contribution in [0, 0.1) is 10.1 Å². The smallest absolute Gasteiger partial charge is 0.275 e. The maximum Gasteiger partial charge on any atom is 0.275 e. The molecule has 1 aromatic carbocycles. The lowest BCUT2D eigenvalue weighted by Crippen LogP contribution is -2.42. The summed E-state index contributed by atoms with van der Waals surface area (Å²) in [6.07, 6.45) is 2.07. The van der Waals surface area contributed by atoms with Gasteiger partial charge in [0.05, 0.1) is 4.92 Å². The molecule has 6 heteroatoms. The highest BCUT2D eigenvalue weighted by Gasteiger charge is 2.21. The predicted octanol–water partition coefficient (Wildman–Crippen LogP) is 2.17. The molecule has 0 saturated carbocycles. The summed E-state index contributed by atoms with van der Waals surface area (Å²) in [6, 6.07) is 4.99. The number of hydrogen-bond donors (Lipinski definition) is 1. The molecule has 1 fully saturated rings. The number of nitrogens with zero attached hydrogens (tertiary/aromatic N) is 2. The Morgan fingerprint density at radius 2 is 2.33 bits per heavy atom. The lowest BCUT2D eigenvalue weighted by molar-refractivity contribution is -0.385. The van der Waals surface area contributed by atoms with Crippen molar-refractivity contribution in [1.82, 2.24) is 4.90 Å². The molecular weight excluding hydrogens is 254 g/mol. The molecule has 98 valence electrons. The van der Waals surface area contributed by atoms with Crippen LogP contribution in [0.15, 0.2) is 18.2 Å². The Hall–Kier alpha value is -1.17. The Kier molecular flexibility index (Phi) is 4.16. The fourth-order valence-electron chi connectivity index (χ4n) is 2.32. The quantitative estimate of drug-likeness (QED) is 0.674. The summed E-state index contributed by atoms with van der Waals surface area (Å²) in [6.45, 7) is 2.29. The Labute approximate surface area is 111 Å². The zero-order chi connectivity index (χ0) is 13.1. The third-order valence-electron chi connectivity index (χ3n) is 3.18. The SMILES string of the molecule is NC1CCCN(Cc2ccc(Cl)cc2[N+](=O)[O-])C1. The first-order chi connectivity index (χ1) is 8.56. The van der Waals surface area contributed by atoms with Gasteiger partial charge in [0.1, 0.15) is 0 Å². The molecule has 1 aliphatic rings. The van der Waals surface area contributed by atoms with Crippen LogP contribution in [0.3, 0.4) is 0 Å². The van der Waals surface area contributed by atoms with E-state index in [0.29, 0.717) is 17.1 Å². The molecule has 5 nitrogen and oxygen atoms in total. The van der Waals surface area contributed by atoms with Crippen molar-refractivity contribution in [2.75, 3.05) is 13.1 Å². The molecule has 0 spiro atoms. The Morgan fingerprint density at radius 3 is 3.00 bits per heavy atom. The first-order valence-electron chi connectivity index (χ1n) is 5.97. The van der Waals surface area contributed by atoms with Crippen LogP contribution in [-0.4, -0.2) is 29.0 Å². The third-order valence-corrected chi connectivity index (χ3v) is 3.42. The van der Waals surface area contributed by atoms with Gasteiger partial charge in [-0.3, -0.25) is 15.0 Å². The van der Waals surface area contributed by atoms with E-state index >= 15 is 0 Å². The second kappa shape index (κ2) is 5.65. The maximum absolute atomic E-state index is 11.0. The molecule has 18 heavy (non-hydrogen) atoms. The fraction of sp³-hybridized carbons (Fsp3) is 0.500. The zero-order valence-electron chi connectivity index (χ0n) is 10.0. The molecule has 0 radical (unpaired) electrons. The van der Waals surface area contributed by atoms with Crippen molar-refractivity contribution in [2.45, 2.75) is 25.4 Å². The van der Waals surface area contributed by atoms with Crippen LogP contribution in [0.25, 0.3) is 0 Å². The van der Waals surface area contributed by atoms with Gasteiger partial charge >= 0.3 is 0 Å². The van der Waals surface area contributed by atoms with Gasteiger partial charge in [0.15, 0.2) is 0 Å². The van der Waals surface area contributed by atoms with Gasteiger partial charge in [-0.15, -0.1) is 0 Å². The average Bonchev–Trinajstić information content (AvgIpc) is 2.31. The summed E-state index contributed by atoms with van der Waals surface area (Å²) in [4.78, 5) is 12.8. The summed E-state index contributed by atoms with van der Waals surface area (Å²) in [7, 11) is 0. The summed E-state index contributed by atoms with van der Waals surface area (Å²) in [5.41, 5.74) is 6.68. The topological polar surface area (TPSA) is 72.4 Å². The Balaban J connectivity index is 2.15. The lowest BCUT2D eigenvalue weighted by Gasteiger charge is -2.30. The highest BCUT2D eigenvalue weighted by atomic mass is 35.5. The number of halogens is 1. The average molecular weight is 270 g/mol. The summed E-state index contributed by atoms with van der Waals surface area (Å²) in [5, 5.41) is 11.4. The second-order valence-corrected chi connectivity index (χ2v) is 5.10. The standard InChI is InChI=1S/C12H16ClN3O2/c13-10-4-3-9(12(6-10)16(17)18)7-15-5-1-2-11(14)8-15/h3-4,6,11H,1-2,5,7-8,14H2. The van der Waals surface area contributed by atoms with Gasteiger partial charge in [0.2, 0.25) is 0 Å². The van der Waals surface area contributed by atoms with Gasteiger partial charge in [-0.05, 0) is 31.5 Å². The molecule has 0 amide bonds. The van der Waals surface area contributed by atoms with Gasteiger partial charge in [0.25, 0.3) is 5.69 Å². The van der Waals surface area contributed by atoms with Crippen LogP contribution >= 0.6 is 11.6 Å². The van der Waals surface area contributed by atoms with Crippen molar-refractivity contribution in [1.29, 1.82) is 0 Å². The number of benzene rings is 1. The van der Waals surface area contributed by atoms with E-state index in [0.717, 1.165) is 25.9 Å². The molecule has 2 rings (SSSR count). The van der Waals surface area contributed by atoms with Gasteiger partial charge in [-0.1, -0.05) is 11.6 Å². The van der Waals surface area contributed by atoms with E-state index in [1.165, 1.54) is 6.07 Å². The number of rotatable bonds is 3. The number of nitro groups is 1. The van der Waals surface area contributed by atoms with Crippen LogP contribution in [0.5, 0.6) is 0 Å². The van der Waals surface area contributed by atoms with E-state index < -0.39 is 0 Å². The molecule has 0 aromatic heterocycles. The van der Waals surface area contributed by atoms with Crippen LogP contribution in [-0.2, 0) is 6.54 Å². The van der Waals surface area contributed by atoms with Gasteiger partial charge in [-0.25, -0.2) is 0 Å². The minimum Gasteiger partial charge on any atom is -0.327 e. The van der Waals surface area contributed by atoms with E-state index in [2.05, 4.69) is 4.90 Å². The van der Waals surface area contributed by atoms with Crippen molar-refractivity contribution in [2.24, 2.45) is 5.73 Å². The van der Waals surface area contributed by atoms with Gasteiger partial charge in [0, 0.05) is 35.8 Å². The summed E-state index contributed by atoms with van der Waals surface area (Å²) >= 11 is 5.79. The van der Waals surface area contributed by atoms with Crippen molar-refractivity contribution < 1.29 is 4.92 Å². The van der Waals surface area contributed by atoms with Crippen LogP contribution < -0.4 is 5.73 Å². The van der Waals surface area contributed by atoms with E-state index in [-0.39, 0.29) is 16.7 Å². The van der Waals surface area contributed by atoms with E-state index in [4.69, 9.17) is 17.3 Å². The monoisotopic (exact) mass is 269 g/mol. The van der Waals surface area contributed by atoms with Crippen molar-refractivity contribution in [3.63, 3.8) is 0 Å². The van der Waals surface area contributed by atoms with Crippen molar-refractivity contribution in [3.05, 3.63) is 38.9 Å². The largest absolute Gasteiger partial charge is 0.327 e. The van der Waals surface area contributed by atoms with E-state index in [9.17, 15) is 10.1 Å². The molecule has 1 aromatic rings. The van der Waals surface area contributed by atoms with Gasteiger partial charge in [-0.2, -0.15) is 0 Å². The second-order valence-electron chi connectivity index (χ2n) is 4.67. The Bertz CT molecular complexity index is 453. The Morgan fingerprint density at radius 1 is 1.56 bits per heavy atom. The lowest BCUT2D eigenvalue weighted by atomic mass is 10.1. The molecule has 1 unspecified atom stereocenters. The van der Waals surface area contributed by atoms with Crippen LogP contribution in [0.4, 0.5) is 5.69 Å². The van der Waals surface area contributed by atoms with Gasteiger partial charge < -0.3 is 5.73 Å². The zero-order valence-corrected chi connectivity index (χ0v) is 10.8. The van der Waals surface area contributed by atoms with Crippen LogP contribution in [0.1, 0.15) is 18.4 Å². The predicted molar refractivity (Wildman–Crippen MR) is 70.6 cm³/mol. The highest BCUT2D eigenvalue weighted by molar-refractivity contribution is 6.30. The minimum atomic E-state index is -0.384. The number of nitrogens with two attached hydrogens (primary N) is 1. The fourth-order valence-corrected chi connectivity index (χ4v) is 2.48. The molecular formula is C12H16ClN3O2. The molecule has 1 aliphatic heterocycles. The molecule has 0 aliphatic carbocycles. The van der Waals surface area contributed by atoms with E-state index in [1.54, 1.807) is 12.1 Å².